The van der Waals surface area contributed by atoms with Crippen LogP contribution < -0.4 is 5.32 Å². The van der Waals surface area contributed by atoms with Gasteiger partial charge in [0.1, 0.15) is 0 Å². The summed E-state index contributed by atoms with van der Waals surface area (Å²) in [6.07, 6.45) is 4.00. The van der Waals surface area contributed by atoms with Crippen molar-refractivity contribution in [1.82, 2.24) is 9.62 Å². The van der Waals surface area contributed by atoms with Gasteiger partial charge in [0, 0.05) is 19.2 Å². The maximum absolute atomic E-state index is 12.6. The molecule has 0 spiro atoms. The van der Waals surface area contributed by atoms with Crippen LogP contribution in [0.15, 0.2) is 0 Å². The maximum Gasteiger partial charge on any atom is 0.216 e. The average molecular weight is 304 g/mol. The summed E-state index contributed by atoms with van der Waals surface area (Å²) in [6, 6.07) is 0.0170. The van der Waals surface area contributed by atoms with Crippen LogP contribution in [0.25, 0.3) is 0 Å². The van der Waals surface area contributed by atoms with E-state index in [4.69, 9.17) is 4.74 Å². The van der Waals surface area contributed by atoms with Gasteiger partial charge in [0.05, 0.1) is 11.9 Å². The van der Waals surface area contributed by atoms with E-state index < -0.39 is 10.0 Å². The van der Waals surface area contributed by atoms with Crippen molar-refractivity contribution in [2.45, 2.75) is 51.7 Å². The van der Waals surface area contributed by atoms with Crippen LogP contribution in [0.2, 0.25) is 0 Å². The van der Waals surface area contributed by atoms with Gasteiger partial charge in [-0.1, -0.05) is 0 Å². The first-order chi connectivity index (χ1) is 9.49. The molecule has 118 valence electrons. The number of hydrogen-bond donors (Lipinski definition) is 1. The first-order valence-corrected chi connectivity index (χ1v) is 9.42. The highest BCUT2D eigenvalue weighted by molar-refractivity contribution is 7.89. The van der Waals surface area contributed by atoms with Crippen molar-refractivity contribution in [3.63, 3.8) is 0 Å². The van der Waals surface area contributed by atoms with Gasteiger partial charge in [-0.05, 0) is 58.5 Å². The molecular weight excluding hydrogens is 276 g/mol. The highest BCUT2D eigenvalue weighted by Crippen LogP contribution is 2.20. The monoisotopic (exact) mass is 304 g/mol. The van der Waals surface area contributed by atoms with Crippen LogP contribution in [0.3, 0.4) is 0 Å². The fourth-order valence-electron chi connectivity index (χ4n) is 3.09. The van der Waals surface area contributed by atoms with Crippen LogP contribution in [0.4, 0.5) is 0 Å². The third kappa shape index (κ3) is 4.41. The van der Waals surface area contributed by atoms with Crippen molar-refractivity contribution < 1.29 is 13.2 Å². The normalized spacial score (nSPS) is 28.4. The van der Waals surface area contributed by atoms with Crippen molar-refractivity contribution in [3.8, 4) is 0 Å². The third-order valence-corrected chi connectivity index (χ3v) is 6.27. The predicted octanol–water partition coefficient (Wildman–Crippen LogP) is 1.21. The Hall–Kier alpha value is -0.170. The number of hydrogen-bond acceptors (Lipinski definition) is 4. The Kier molecular flexibility index (Phi) is 5.84. The largest absolute Gasteiger partial charge is 0.377 e. The summed E-state index contributed by atoms with van der Waals surface area (Å²) in [6.45, 7) is 7.25. The predicted molar refractivity (Wildman–Crippen MR) is 80.2 cm³/mol. The van der Waals surface area contributed by atoms with Gasteiger partial charge in [-0.25, -0.2) is 8.42 Å². The van der Waals surface area contributed by atoms with Gasteiger partial charge in [0.25, 0.3) is 0 Å². The summed E-state index contributed by atoms with van der Waals surface area (Å²) in [5.74, 6) is 0.580. The summed E-state index contributed by atoms with van der Waals surface area (Å²) >= 11 is 0. The number of sulfonamides is 1. The quantitative estimate of drug-likeness (QED) is 0.801. The fourth-order valence-corrected chi connectivity index (χ4v) is 5.09. The number of nitrogens with one attached hydrogen (secondary N) is 1. The van der Waals surface area contributed by atoms with Crippen LogP contribution in [0.5, 0.6) is 0 Å². The van der Waals surface area contributed by atoms with Crippen LogP contribution in [-0.4, -0.2) is 56.9 Å². The van der Waals surface area contributed by atoms with E-state index in [1.54, 1.807) is 4.31 Å². The lowest BCUT2D eigenvalue weighted by molar-refractivity contribution is 0.125. The van der Waals surface area contributed by atoms with Gasteiger partial charge in [0.2, 0.25) is 10.0 Å². The Morgan fingerprint density at radius 1 is 1.30 bits per heavy atom. The molecule has 20 heavy (non-hydrogen) atoms. The molecule has 0 bridgehead atoms. The maximum atomic E-state index is 12.6. The van der Waals surface area contributed by atoms with E-state index in [2.05, 4.69) is 5.32 Å². The molecule has 0 radical (unpaired) electrons. The molecule has 0 aliphatic carbocycles. The molecule has 2 rings (SSSR count). The van der Waals surface area contributed by atoms with Crippen molar-refractivity contribution in [1.29, 1.82) is 0 Å². The van der Waals surface area contributed by atoms with Crippen molar-refractivity contribution in [2.75, 3.05) is 32.0 Å². The summed E-state index contributed by atoms with van der Waals surface area (Å²) < 4.78 is 32.4. The summed E-state index contributed by atoms with van der Waals surface area (Å²) in [5.41, 5.74) is 0. The standard InChI is InChI=1S/C14H28N2O3S/c1-12(2)16(10-13-5-3-7-15-9-13)20(17,18)11-14-6-4-8-19-14/h12-15H,3-11H2,1-2H3. The minimum absolute atomic E-state index is 0.0170. The zero-order valence-electron chi connectivity index (χ0n) is 12.7. The van der Waals surface area contributed by atoms with Crippen LogP contribution in [-0.2, 0) is 14.8 Å². The molecule has 2 aliphatic heterocycles. The minimum atomic E-state index is -3.22. The molecule has 5 nitrogen and oxygen atoms in total. The molecule has 2 saturated heterocycles. The number of nitrogens with zero attached hydrogens (tertiary/aromatic N) is 1. The Morgan fingerprint density at radius 2 is 2.10 bits per heavy atom. The summed E-state index contributed by atoms with van der Waals surface area (Å²) in [5, 5.41) is 3.36. The zero-order chi connectivity index (χ0) is 14.6. The molecule has 6 heteroatoms. The molecular formula is C14H28N2O3S. The first kappa shape index (κ1) is 16.2. The lowest BCUT2D eigenvalue weighted by atomic mass is 9.99. The molecule has 0 aromatic rings. The molecule has 2 fully saturated rings. The highest BCUT2D eigenvalue weighted by Gasteiger charge is 2.32. The Bertz CT molecular complexity index is 385. The fraction of sp³-hybridized carbons (Fsp3) is 1.00. The van der Waals surface area contributed by atoms with Gasteiger partial charge in [0.15, 0.2) is 0 Å². The second kappa shape index (κ2) is 7.20. The van der Waals surface area contributed by atoms with E-state index in [0.717, 1.165) is 38.8 Å². The minimum Gasteiger partial charge on any atom is -0.377 e. The molecule has 2 atom stereocenters. The van der Waals surface area contributed by atoms with E-state index >= 15 is 0 Å². The lowest BCUT2D eigenvalue weighted by Crippen LogP contribution is -2.46. The second-order valence-electron chi connectivity index (χ2n) is 6.29. The van der Waals surface area contributed by atoms with Crippen molar-refractivity contribution in [3.05, 3.63) is 0 Å². The van der Waals surface area contributed by atoms with Gasteiger partial charge in [-0.2, -0.15) is 4.31 Å². The van der Waals surface area contributed by atoms with E-state index in [1.807, 2.05) is 13.8 Å². The molecule has 0 saturated carbocycles. The molecule has 2 heterocycles. The number of ether oxygens (including phenoxy) is 1. The number of piperidine rings is 1. The van der Waals surface area contributed by atoms with Gasteiger partial charge in [-0.15, -0.1) is 0 Å². The van der Waals surface area contributed by atoms with Gasteiger partial charge >= 0.3 is 0 Å². The van der Waals surface area contributed by atoms with Crippen LogP contribution in [0, 0.1) is 5.92 Å². The Balaban J connectivity index is 1.98. The molecule has 0 aromatic carbocycles. The van der Waals surface area contributed by atoms with E-state index in [1.165, 1.54) is 0 Å². The topological polar surface area (TPSA) is 58.6 Å². The summed E-state index contributed by atoms with van der Waals surface area (Å²) in [7, 11) is -3.22. The molecule has 0 aromatic heterocycles. The Morgan fingerprint density at radius 3 is 2.65 bits per heavy atom. The number of rotatable bonds is 6. The lowest BCUT2D eigenvalue weighted by Gasteiger charge is -2.32. The molecule has 2 aliphatic rings. The molecule has 1 N–H and O–H groups in total. The van der Waals surface area contributed by atoms with Gasteiger partial charge in [-0.3, -0.25) is 0 Å². The van der Waals surface area contributed by atoms with Crippen molar-refractivity contribution >= 4 is 10.0 Å². The first-order valence-electron chi connectivity index (χ1n) is 7.81. The zero-order valence-corrected chi connectivity index (χ0v) is 13.5. The van der Waals surface area contributed by atoms with Crippen LogP contribution >= 0.6 is 0 Å². The third-order valence-electron chi connectivity index (χ3n) is 4.19. The van der Waals surface area contributed by atoms with Crippen LogP contribution in [0.1, 0.15) is 39.5 Å². The SMILES string of the molecule is CC(C)N(CC1CCCNC1)S(=O)(=O)CC1CCCO1. The molecule has 0 amide bonds. The molecule has 2 unspecified atom stereocenters. The Labute approximate surface area is 123 Å². The van der Waals surface area contributed by atoms with E-state index in [-0.39, 0.29) is 17.9 Å². The average Bonchev–Trinajstić information content (AvgIpc) is 2.88. The van der Waals surface area contributed by atoms with E-state index in [9.17, 15) is 8.42 Å². The van der Waals surface area contributed by atoms with Crippen molar-refractivity contribution in [2.24, 2.45) is 5.92 Å². The van der Waals surface area contributed by atoms with E-state index in [0.29, 0.717) is 19.1 Å². The summed E-state index contributed by atoms with van der Waals surface area (Å²) in [4.78, 5) is 0. The smallest absolute Gasteiger partial charge is 0.216 e. The highest BCUT2D eigenvalue weighted by atomic mass is 32.2. The second-order valence-corrected chi connectivity index (χ2v) is 8.26. The van der Waals surface area contributed by atoms with Gasteiger partial charge < -0.3 is 10.1 Å².